The summed E-state index contributed by atoms with van der Waals surface area (Å²) in [6, 6.07) is 15.8. The first-order valence-electron chi connectivity index (χ1n) is 10.5. The fraction of sp³-hybridized carbons (Fsp3) is 0.375. The van der Waals surface area contributed by atoms with E-state index < -0.39 is 0 Å². The number of nitrogens with zero attached hydrogens (tertiary/aromatic N) is 2. The minimum atomic E-state index is -0.229. The Morgan fingerprint density at radius 3 is 1.79 bits per heavy atom. The topological polar surface area (TPSA) is 57.7 Å². The van der Waals surface area contributed by atoms with E-state index in [0.29, 0.717) is 0 Å². The smallest absolute Gasteiger partial charge is 0.251 e. The van der Waals surface area contributed by atoms with Crippen LogP contribution in [0.4, 0.5) is 11.4 Å². The minimum absolute atomic E-state index is 0.163. The van der Waals surface area contributed by atoms with Crippen LogP contribution in [0.3, 0.4) is 0 Å². The molecule has 0 bridgehead atoms. The van der Waals surface area contributed by atoms with Crippen molar-refractivity contribution in [2.75, 3.05) is 11.4 Å². The van der Waals surface area contributed by atoms with Crippen molar-refractivity contribution >= 4 is 29.1 Å². The molecule has 29 heavy (non-hydrogen) atoms. The Morgan fingerprint density at radius 2 is 1.28 bits per heavy atom. The second kappa shape index (κ2) is 7.14. The van der Waals surface area contributed by atoms with Crippen LogP contribution < -0.4 is 4.90 Å². The molecule has 2 aliphatic heterocycles. The van der Waals surface area contributed by atoms with E-state index in [1.54, 1.807) is 4.90 Å². The van der Waals surface area contributed by atoms with Crippen molar-refractivity contribution in [2.45, 2.75) is 38.5 Å². The van der Waals surface area contributed by atoms with Gasteiger partial charge in [-0.25, -0.2) is 0 Å². The predicted molar refractivity (Wildman–Crippen MR) is 110 cm³/mol. The third-order valence-electron chi connectivity index (χ3n) is 6.60. The third-order valence-corrected chi connectivity index (χ3v) is 6.60. The van der Waals surface area contributed by atoms with E-state index in [-0.39, 0.29) is 36.1 Å². The lowest BCUT2D eigenvalue weighted by atomic mass is 9.81. The molecule has 1 saturated carbocycles. The molecular formula is C24H24N2O3. The van der Waals surface area contributed by atoms with Gasteiger partial charge in [-0.15, -0.1) is 0 Å². The molecule has 2 fully saturated rings. The number of fused-ring (bicyclic) bond motifs is 3. The number of para-hydroxylation sites is 2. The molecule has 3 amide bonds. The number of benzene rings is 2. The monoisotopic (exact) mass is 388 g/mol. The molecule has 0 unspecified atom stereocenters. The van der Waals surface area contributed by atoms with Crippen LogP contribution in [-0.4, -0.2) is 29.2 Å². The quantitative estimate of drug-likeness (QED) is 0.739. The normalized spacial score (nSPS) is 23.3. The van der Waals surface area contributed by atoms with Gasteiger partial charge in [0.25, 0.3) is 5.91 Å². The summed E-state index contributed by atoms with van der Waals surface area (Å²) in [6.45, 7) is -0.187. The van der Waals surface area contributed by atoms with Crippen molar-refractivity contribution in [3.8, 4) is 0 Å². The van der Waals surface area contributed by atoms with Crippen molar-refractivity contribution in [3.63, 3.8) is 0 Å². The van der Waals surface area contributed by atoms with Gasteiger partial charge >= 0.3 is 0 Å². The highest BCUT2D eigenvalue weighted by Crippen LogP contribution is 2.39. The maximum absolute atomic E-state index is 13.5. The molecule has 1 aliphatic carbocycles. The van der Waals surface area contributed by atoms with Gasteiger partial charge in [-0.3, -0.25) is 24.2 Å². The number of anilines is 2. The SMILES string of the molecule is O=C1[C@H]2CCCC[C@@H]2C(=O)N1CC(=O)N1c2ccccc2CCc2ccccc21. The summed E-state index contributed by atoms with van der Waals surface area (Å²) in [7, 11) is 0. The molecule has 5 nitrogen and oxygen atoms in total. The lowest BCUT2D eigenvalue weighted by Crippen LogP contribution is -2.42. The molecule has 0 radical (unpaired) electrons. The molecule has 0 aromatic heterocycles. The molecule has 148 valence electrons. The molecule has 2 aromatic rings. The van der Waals surface area contributed by atoms with Gasteiger partial charge in [0, 0.05) is 0 Å². The average Bonchev–Trinajstić information content (AvgIpc) is 2.90. The van der Waals surface area contributed by atoms with Crippen LogP contribution in [0.25, 0.3) is 0 Å². The number of imide groups is 1. The van der Waals surface area contributed by atoms with E-state index in [1.807, 2.05) is 48.5 Å². The van der Waals surface area contributed by atoms with Gasteiger partial charge in [0.1, 0.15) is 6.54 Å². The summed E-state index contributed by atoms with van der Waals surface area (Å²) in [5.74, 6) is -1.01. The Kier molecular flexibility index (Phi) is 4.46. The zero-order valence-electron chi connectivity index (χ0n) is 16.3. The van der Waals surface area contributed by atoms with Crippen molar-refractivity contribution in [3.05, 3.63) is 59.7 Å². The molecule has 2 heterocycles. The van der Waals surface area contributed by atoms with Crippen LogP contribution in [0.2, 0.25) is 0 Å². The molecule has 5 heteroatoms. The molecule has 5 rings (SSSR count). The number of amides is 3. The molecule has 0 N–H and O–H groups in total. The third kappa shape index (κ3) is 2.96. The molecule has 0 spiro atoms. The zero-order valence-corrected chi connectivity index (χ0v) is 16.3. The fourth-order valence-electron chi connectivity index (χ4n) is 5.14. The van der Waals surface area contributed by atoms with Gasteiger partial charge in [0.05, 0.1) is 23.2 Å². The number of likely N-dealkylation sites (tertiary alicyclic amines) is 1. The van der Waals surface area contributed by atoms with Crippen LogP contribution in [0.5, 0.6) is 0 Å². The lowest BCUT2D eigenvalue weighted by Gasteiger charge is -2.27. The molecule has 3 aliphatic rings. The van der Waals surface area contributed by atoms with Crippen LogP contribution >= 0.6 is 0 Å². The number of rotatable bonds is 2. The second-order valence-electron chi connectivity index (χ2n) is 8.25. The van der Waals surface area contributed by atoms with Crippen LogP contribution in [-0.2, 0) is 27.2 Å². The van der Waals surface area contributed by atoms with Gasteiger partial charge in [0.2, 0.25) is 11.8 Å². The molecule has 1 saturated heterocycles. The Bertz CT molecular complexity index is 928. The average molecular weight is 388 g/mol. The summed E-state index contributed by atoms with van der Waals surface area (Å²) >= 11 is 0. The first kappa shape index (κ1) is 18.1. The highest BCUT2D eigenvalue weighted by molar-refractivity contribution is 6.11. The van der Waals surface area contributed by atoms with E-state index in [2.05, 4.69) is 0 Å². The highest BCUT2D eigenvalue weighted by atomic mass is 16.2. The zero-order chi connectivity index (χ0) is 20.0. The summed E-state index contributed by atoms with van der Waals surface area (Å²) in [4.78, 5) is 42.2. The van der Waals surface area contributed by atoms with Crippen LogP contribution in [0.1, 0.15) is 36.8 Å². The van der Waals surface area contributed by atoms with Gasteiger partial charge in [-0.1, -0.05) is 49.2 Å². The Labute approximate surface area is 170 Å². The van der Waals surface area contributed by atoms with E-state index in [4.69, 9.17) is 0 Å². The van der Waals surface area contributed by atoms with Gasteiger partial charge < -0.3 is 0 Å². The Hall–Kier alpha value is -2.95. The molecule has 2 atom stereocenters. The molecular weight excluding hydrogens is 364 g/mol. The lowest BCUT2D eigenvalue weighted by molar-refractivity contribution is -0.143. The highest BCUT2D eigenvalue weighted by Gasteiger charge is 2.49. The first-order chi connectivity index (χ1) is 14.1. The summed E-state index contributed by atoms with van der Waals surface area (Å²) in [6.07, 6.45) is 5.18. The van der Waals surface area contributed by atoms with Crippen molar-refractivity contribution in [2.24, 2.45) is 11.8 Å². The molecule has 2 aromatic carbocycles. The van der Waals surface area contributed by atoms with E-state index >= 15 is 0 Å². The first-order valence-corrected chi connectivity index (χ1v) is 10.5. The summed E-state index contributed by atoms with van der Waals surface area (Å²) in [5.41, 5.74) is 3.90. The number of carbonyl (C=O) groups excluding carboxylic acids is 3. The standard InChI is InChI=1S/C24H24N2O3/c27-22(15-25-23(28)18-9-3-4-10-19(18)24(25)29)26-20-11-5-1-7-16(20)13-14-17-8-2-6-12-21(17)26/h1-2,5-8,11-12,18-19H,3-4,9-10,13-15H2/t18-,19-/m0/s1. The van der Waals surface area contributed by atoms with Gasteiger partial charge in [-0.2, -0.15) is 0 Å². The number of hydrogen-bond donors (Lipinski definition) is 0. The van der Waals surface area contributed by atoms with Crippen LogP contribution in [0, 0.1) is 11.8 Å². The maximum Gasteiger partial charge on any atom is 0.251 e. The van der Waals surface area contributed by atoms with E-state index in [0.717, 1.165) is 61.0 Å². The summed E-state index contributed by atoms with van der Waals surface area (Å²) in [5, 5.41) is 0. The maximum atomic E-state index is 13.5. The number of hydrogen-bond acceptors (Lipinski definition) is 3. The number of aryl methyl sites for hydroxylation is 2. The fourth-order valence-corrected chi connectivity index (χ4v) is 5.14. The van der Waals surface area contributed by atoms with Gasteiger partial charge in [-0.05, 0) is 48.9 Å². The van der Waals surface area contributed by atoms with Gasteiger partial charge in [0.15, 0.2) is 0 Å². The minimum Gasteiger partial charge on any atom is -0.279 e. The van der Waals surface area contributed by atoms with E-state index in [9.17, 15) is 14.4 Å². The largest absolute Gasteiger partial charge is 0.279 e. The van der Waals surface area contributed by atoms with E-state index in [1.165, 1.54) is 4.90 Å². The number of carbonyl (C=O) groups is 3. The Morgan fingerprint density at radius 1 is 0.793 bits per heavy atom. The summed E-state index contributed by atoms with van der Waals surface area (Å²) < 4.78 is 0. The van der Waals surface area contributed by atoms with Crippen LogP contribution in [0.15, 0.2) is 48.5 Å². The van der Waals surface area contributed by atoms with Crippen molar-refractivity contribution in [1.82, 2.24) is 4.90 Å². The van der Waals surface area contributed by atoms with Crippen molar-refractivity contribution < 1.29 is 14.4 Å². The van der Waals surface area contributed by atoms with Crippen molar-refractivity contribution in [1.29, 1.82) is 0 Å². The Balaban J connectivity index is 1.50. The second-order valence-corrected chi connectivity index (χ2v) is 8.25. The predicted octanol–water partition coefficient (Wildman–Crippen LogP) is 3.63.